The van der Waals surface area contributed by atoms with Crippen molar-refractivity contribution in [3.63, 3.8) is 0 Å². The fourth-order valence-electron chi connectivity index (χ4n) is 1.46. The first kappa shape index (κ1) is 11.4. The molecule has 0 fully saturated rings. The van der Waals surface area contributed by atoms with E-state index in [1.165, 1.54) is 6.26 Å². The summed E-state index contributed by atoms with van der Waals surface area (Å²) in [6.45, 7) is 1.83. The molecule has 17 heavy (non-hydrogen) atoms. The number of nitriles is 1. The molecule has 84 valence electrons. The van der Waals surface area contributed by atoms with Crippen LogP contribution in [0.15, 0.2) is 41.3 Å². The molecule has 2 rings (SSSR count). The molecule has 0 saturated heterocycles. The normalized spacial score (nSPS) is 11.8. The van der Waals surface area contributed by atoms with Crippen molar-refractivity contribution >= 4 is 22.2 Å². The Bertz CT molecular complexity index is 593. The number of aryl methyl sites for hydroxylation is 1. The third-order valence-electron chi connectivity index (χ3n) is 2.28. The van der Waals surface area contributed by atoms with E-state index in [1.807, 2.05) is 6.92 Å². The lowest BCUT2D eigenvalue weighted by Crippen LogP contribution is -1.85. The second-order valence-electron chi connectivity index (χ2n) is 3.48. The minimum Gasteiger partial charge on any atom is -0.469 e. The molecule has 0 bridgehead atoms. The van der Waals surface area contributed by atoms with Crippen LogP contribution in [0.5, 0.6) is 0 Å². The maximum Gasteiger partial charge on any atom is 0.101 e. The van der Waals surface area contributed by atoms with Gasteiger partial charge in [0.15, 0.2) is 0 Å². The number of rotatable bonds is 2. The molecular weight excluding hydrogens is 236 g/mol. The Kier molecular flexibility index (Phi) is 3.27. The van der Waals surface area contributed by atoms with Gasteiger partial charge in [0.1, 0.15) is 11.8 Å². The summed E-state index contributed by atoms with van der Waals surface area (Å²) in [5.74, 6) is 0.755. The highest BCUT2D eigenvalue weighted by Gasteiger charge is 2.11. The van der Waals surface area contributed by atoms with E-state index in [4.69, 9.17) is 16.0 Å². The lowest BCUT2D eigenvalue weighted by Gasteiger charge is -2.01. The van der Waals surface area contributed by atoms with Crippen molar-refractivity contribution in [1.29, 1.82) is 5.26 Å². The maximum atomic E-state index is 9.17. The first-order valence-electron chi connectivity index (χ1n) is 4.98. The van der Waals surface area contributed by atoms with Gasteiger partial charge in [-0.25, -0.2) is 0 Å². The molecule has 0 atom stereocenters. The largest absolute Gasteiger partial charge is 0.469 e. The zero-order valence-electron chi connectivity index (χ0n) is 9.14. The molecule has 0 aliphatic rings. The number of pyridine rings is 1. The predicted octanol–water partition coefficient (Wildman–Crippen LogP) is 3.61. The van der Waals surface area contributed by atoms with Gasteiger partial charge in [-0.3, -0.25) is 4.98 Å². The Morgan fingerprint density at radius 2 is 2.06 bits per heavy atom. The summed E-state index contributed by atoms with van der Waals surface area (Å²) in [7, 11) is 0. The molecule has 0 amide bonds. The van der Waals surface area contributed by atoms with E-state index in [2.05, 4.69) is 11.1 Å². The zero-order chi connectivity index (χ0) is 12.3. The van der Waals surface area contributed by atoms with E-state index in [1.54, 1.807) is 30.6 Å². The highest BCUT2D eigenvalue weighted by Crippen LogP contribution is 2.29. The summed E-state index contributed by atoms with van der Waals surface area (Å²) < 4.78 is 5.18. The van der Waals surface area contributed by atoms with E-state index in [-0.39, 0.29) is 0 Å². The molecule has 4 heteroatoms. The molecule has 3 nitrogen and oxygen atoms in total. The molecule has 0 aliphatic heterocycles. The monoisotopic (exact) mass is 244 g/mol. The van der Waals surface area contributed by atoms with Crippen molar-refractivity contribution in [2.24, 2.45) is 0 Å². The molecule has 0 unspecified atom stereocenters. The van der Waals surface area contributed by atoms with E-state index in [9.17, 15) is 5.26 Å². The van der Waals surface area contributed by atoms with Crippen molar-refractivity contribution < 1.29 is 4.42 Å². The topological polar surface area (TPSA) is 49.8 Å². The molecule has 0 aromatic carbocycles. The van der Waals surface area contributed by atoms with Crippen LogP contribution in [0.1, 0.15) is 16.9 Å². The van der Waals surface area contributed by atoms with Crippen molar-refractivity contribution in [2.75, 3.05) is 0 Å². The number of halogens is 1. The van der Waals surface area contributed by atoms with Gasteiger partial charge in [-0.05, 0) is 30.7 Å². The number of hydrogen-bond donors (Lipinski definition) is 0. The van der Waals surface area contributed by atoms with Gasteiger partial charge in [-0.15, -0.1) is 0 Å². The van der Waals surface area contributed by atoms with Crippen LogP contribution in [0.25, 0.3) is 10.6 Å². The first-order valence-corrected chi connectivity index (χ1v) is 5.36. The standard InChI is InChI=1S/C13H9ClN2O/c1-9-6-11(8-17-9)13(14)12(7-15)10-2-4-16-5-3-10/h2-6,8H,1H3/b13-12+. The SMILES string of the molecule is Cc1cc(/C(Cl)=C(/C#N)c2ccncc2)co1. The first-order chi connectivity index (χ1) is 8.22. The van der Waals surface area contributed by atoms with Crippen LogP contribution in [0.2, 0.25) is 0 Å². The van der Waals surface area contributed by atoms with Gasteiger partial charge >= 0.3 is 0 Å². The van der Waals surface area contributed by atoms with E-state index in [0.717, 1.165) is 11.3 Å². The van der Waals surface area contributed by atoms with Crippen LogP contribution < -0.4 is 0 Å². The summed E-state index contributed by atoms with van der Waals surface area (Å²) in [4.78, 5) is 3.90. The van der Waals surface area contributed by atoms with Crippen molar-refractivity contribution in [3.05, 3.63) is 53.7 Å². The summed E-state index contributed by atoms with van der Waals surface area (Å²) in [5.41, 5.74) is 1.86. The van der Waals surface area contributed by atoms with Crippen LogP contribution in [0, 0.1) is 18.3 Å². The number of hydrogen-bond acceptors (Lipinski definition) is 3. The summed E-state index contributed by atoms with van der Waals surface area (Å²) >= 11 is 6.20. The van der Waals surface area contributed by atoms with Crippen LogP contribution in [-0.2, 0) is 0 Å². The number of furan rings is 1. The Balaban J connectivity index is 2.52. The van der Waals surface area contributed by atoms with E-state index < -0.39 is 0 Å². The fourth-order valence-corrected chi connectivity index (χ4v) is 1.71. The molecule has 0 aliphatic carbocycles. The van der Waals surface area contributed by atoms with Crippen LogP contribution in [0.3, 0.4) is 0 Å². The molecule has 0 N–H and O–H groups in total. The summed E-state index contributed by atoms with van der Waals surface area (Å²) in [6, 6.07) is 7.38. The Hall–Kier alpha value is -2.05. The minimum atomic E-state index is 0.385. The van der Waals surface area contributed by atoms with Crippen molar-refractivity contribution in [2.45, 2.75) is 6.92 Å². The fraction of sp³-hybridized carbons (Fsp3) is 0.0769. The van der Waals surface area contributed by atoms with Crippen molar-refractivity contribution in [3.8, 4) is 6.07 Å². The average molecular weight is 245 g/mol. The van der Waals surface area contributed by atoms with Crippen LogP contribution in [-0.4, -0.2) is 4.98 Å². The third-order valence-corrected chi connectivity index (χ3v) is 2.69. The van der Waals surface area contributed by atoms with Gasteiger partial charge in [0, 0.05) is 18.0 Å². The number of nitrogens with zero attached hydrogens (tertiary/aromatic N) is 2. The Morgan fingerprint density at radius 3 is 2.59 bits per heavy atom. The van der Waals surface area contributed by atoms with Crippen LogP contribution >= 0.6 is 11.6 Å². The summed E-state index contributed by atoms with van der Waals surface area (Å²) in [6.07, 6.45) is 4.78. The molecular formula is C13H9ClN2O. The third kappa shape index (κ3) is 2.38. The highest BCUT2D eigenvalue weighted by molar-refractivity contribution is 6.53. The van der Waals surface area contributed by atoms with E-state index >= 15 is 0 Å². The molecule has 0 radical (unpaired) electrons. The molecule has 2 aromatic heterocycles. The van der Waals surface area contributed by atoms with Gasteiger partial charge in [-0.1, -0.05) is 11.6 Å². The predicted molar refractivity (Wildman–Crippen MR) is 66.0 cm³/mol. The summed E-state index contributed by atoms with van der Waals surface area (Å²) in [5, 5.41) is 9.56. The Morgan fingerprint density at radius 1 is 1.35 bits per heavy atom. The Labute approximate surface area is 104 Å². The quantitative estimate of drug-likeness (QED) is 0.758. The second-order valence-corrected chi connectivity index (χ2v) is 3.86. The maximum absolute atomic E-state index is 9.17. The highest BCUT2D eigenvalue weighted by atomic mass is 35.5. The molecule has 2 heterocycles. The van der Waals surface area contributed by atoms with Gasteiger partial charge in [0.2, 0.25) is 0 Å². The van der Waals surface area contributed by atoms with Crippen LogP contribution in [0.4, 0.5) is 0 Å². The molecule has 2 aromatic rings. The van der Waals surface area contributed by atoms with Gasteiger partial charge in [0.25, 0.3) is 0 Å². The average Bonchev–Trinajstić information content (AvgIpc) is 2.78. The zero-order valence-corrected chi connectivity index (χ0v) is 9.90. The number of aromatic nitrogens is 1. The molecule has 0 spiro atoms. The van der Waals surface area contributed by atoms with E-state index in [0.29, 0.717) is 16.2 Å². The second kappa shape index (κ2) is 4.86. The molecule has 0 saturated carbocycles. The minimum absolute atomic E-state index is 0.385. The number of allylic oxidation sites excluding steroid dienone is 1. The van der Waals surface area contributed by atoms with Gasteiger partial charge in [0.05, 0.1) is 16.9 Å². The van der Waals surface area contributed by atoms with Crippen molar-refractivity contribution in [1.82, 2.24) is 4.98 Å². The lowest BCUT2D eigenvalue weighted by molar-refractivity contribution is 0.534. The lowest BCUT2D eigenvalue weighted by atomic mass is 10.1. The van der Waals surface area contributed by atoms with Gasteiger partial charge < -0.3 is 4.42 Å². The smallest absolute Gasteiger partial charge is 0.101 e. The van der Waals surface area contributed by atoms with Gasteiger partial charge in [-0.2, -0.15) is 5.26 Å².